The number of pyridine rings is 1. The van der Waals surface area contributed by atoms with Gasteiger partial charge in [0.25, 0.3) is 6.43 Å². The molecule has 0 spiro atoms. The van der Waals surface area contributed by atoms with Gasteiger partial charge in [0.1, 0.15) is 5.82 Å². The Hall–Kier alpha value is -1.11. The second-order valence-electron chi connectivity index (χ2n) is 3.37. The second-order valence-corrected chi connectivity index (χ2v) is 3.93. The van der Waals surface area contributed by atoms with E-state index in [4.69, 9.17) is 0 Å². The zero-order valence-corrected chi connectivity index (χ0v) is 11.1. The molecule has 18 heavy (non-hydrogen) atoms. The monoisotopic (exact) mass is 325 g/mol. The van der Waals surface area contributed by atoms with Crippen molar-refractivity contribution in [1.82, 2.24) is 4.98 Å². The van der Waals surface area contributed by atoms with Crippen LogP contribution in [0.1, 0.15) is 30.3 Å². The van der Waals surface area contributed by atoms with E-state index in [1.54, 1.807) is 6.92 Å². The Kier molecular flexibility index (Phi) is 5.58. The number of ether oxygens (including phenoxy) is 1. The van der Waals surface area contributed by atoms with Gasteiger partial charge in [0.15, 0.2) is 0 Å². The van der Waals surface area contributed by atoms with Crippen molar-refractivity contribution in [3.05, 3.63) is 28.8 Å². The van der Waals surface area contributed by atoms with E-state index in [0.29, 0.717) is 0 Å². The van der Waals surface area contributed by atoms with Gasteiger partial charge in [-0.05, 0) is 13.0 Å². The summed E-state index contributed by atoms with van der Waals surface area (Å²) in [6, 6.07) is 0.838. The first-order chi connectivity index (χ1) is 8.49. The molecule has 1 aromatic rings. The van der Waals surface area contributed by atoms with Crippen LogP contribution in [0, 0.1) is 5.82 Å². The van der Waals surface area contributed by atoms with Crippen molar-refractivity contribution in [3.8, 4) is 0 Å². The number of alkyl halides is 3. The normalized spacial score (nSPS) is 10.8. The summed E-state index contributed by atoms with van der Waals surface area (Å²) in [5, 5.41) is -0.0136. The lowest BCUT2D eigenvalue weighted by atomic mass is 10.1. The quantitative estimate of drug-likeness (QED) is 0.616. The molecule has 0 saturated heterocycles. The van der Waals surface area contributed by atoms with Crippen molar-refractivity contribution in [2.24, 2.45) is 0 Å². The molecule has 3 nitrogen and oxygen atoms in total. The van der Waals surface area contributed by atoms with E-state index in [2.05, 4.69) is 25.7 Å². The fraction of sp³-hybridized carbons (Fsp3) is 0.455. The van der Waals surface area contributed by atoms with Gasteiger partial charge in [-0.2, -0.15) is 0 Å². The molecule has 0 unspecified atom stereocenters. The molecule has 1 rings (SSSR count). The van der Waals surface area contributed by atoms with Gasteiger partial charge in [0, 0.05) is 5.33 Å². The Bertz CT molecular complexity index is 441. The number of hydrogen-bond acceptors (Lipinski definition) is 3. The minimum absolute atomic E-state index is 0.0136. The number of nitrogens with zero attached hydrogens (tertiary/aromatic N) is 1. The van der Waals surface area contributed by atoms with Gasteiger partial charge in [-0.25, -0.2) is 13.2 Å². The van der Waals surface area contributed by atoms with Crippen LogP contribution in [0.5, 0.6) is 0 Å². The highest BCUT2D eigenvalue weighted by atomic mass is 79.9. The lowest BCUT2D eigenvalue weighted by molar-refractivity contribution is -0.142. The van der Waals surface area contributed by atoms with Gasteiger partial charge in [0.2, 0.25) is 0 Å². The standard InChI is InChI=1S/C11H11BrF3NO2/c1-2-18-9(17)4-6-3-7(13)10(11(14)15)8(5-12)16-6/h3,11H,2,4-5H2,1H3. The van der Waals surface area contributed by atoms with Crippen LogP contribution in [0.4, 0.5) is 13.2 Å². The minimum atomic E-state index is -2.94. The summed E-state index contributed by atoms with van der Waals surface area (Å²) in [5.41, 5.74) is -0.770. The van der Waals surface area contributed by atoms with E-state index in [9.17, 15) is 18.0 Å². The SMILES string of the molecule is CCOC(=O)Cc1cc(F)c(C(F)F)c(CBr)n1. The molecule has 0 aliphatic heterocycles. The molecule has 0 saturated carbocycles. The summed E-state index contributed by atoms with van der Waals surface area (Å²) in [4.78, 5) is 15.0. The summed E-state index contributed by atoms with van der Waals surface area (Å²) >= 11 is 2.96. The molecule has 1 heterocycles. The van der Waals surface area contributed by atoms with Crippen LogP contribution in [0.2, 0.25) is 0 Å². The number of rotatable bonds is 5. The topological polar surface area (TPSA) is 39.2 Å². The molecular weight excluding hydrogens is 315 g/mol. The Labute approximate surface area is 110 Å². The van der Waals surface area contributed by atoms with Crippen LogP contribution in [0.25, 0.3) is 0 Å². The smallest absolute Gasteiger partial charge is 0.311 e. The average Bonchev–Trinajstić information content (AvgIpc) is 2.27. The molecule has 0 bridgehead atoms. The molecule has 1 aromatic heterocycles. The van der Waals surface area contributed by atoms with Crippen LogP contribution in [-0.2, 0) is 21.3 Å². The molecule has 0 fully saturated rings. The summed E-state index contributed by atoms with van der Waals surface area (Å²) in [7, 11) is 0. The lowest BCUT2D eigenvalue weighted by Crippen LogP contribution is -2.11. The zero-order valence-electron chi connectivity index (χ0n) is 9.55. The summed E-state index contributed by atoms with van der Waals surface area (Å²) < 4.78 is 43.4. The average molecular weight is 326 g/mol. The van der Waals surface area contributed by atoms with Crippen LogP contribution in [-0.4, -0.2) is 17.6 Å². The second kappa shape index (κ2) is 6.72. The largest absolute Gasteiger partial charge is 0.466 e. The van der Waals surface area contributed by atoms with E-state index < -0.39 is 23.8 Å². The number of aromatic nitrogens is 1. The highest BCUT2D eigenvalue weighted by Crippen LogP contribution is 2.27. The maximum absolute atomic E-state index is 13.5. The Balaban J connectivity index is 3.03. The van der Waals surface area contributed by atoms with Gasteiger partial charge >= 0.3 is 5.97 Å². The molecule has 0 radical (unpaired) electrons. The van der Waals surface area contributed by atoms with E-state index >= 15 is 0 Å². The van der Waals surface area contributed by atoms with E-state index in [-0.39, 0.29) is 29.7 Å². The summed E-state index contributed by atoms with van der Waals surface area (Å²) in [6.07, 6.45) is -3.18. The van der Waals surface area contributed by atoms with Crippen molar-refractivity contribution < 1.29 is 22.7 Å². The van der Waals surface area contributed by atoms with Gasteiger partial charge in [0.05, 0.1) is 30.0 Å². The first kappa shape index (κ1) is 14.9. The molecular formula is C11H11BrF3NO2. The van der Waals surface area contributed by atoms with Gasteiger partial charge < -0.3 is 4.74 Å². The summed E-state index contributed by atoms with van der Waals surface area (Å²) in [6.45, 7) is 1.83. The molecule has 0 atom stereocenters. The van der Waals surface area contributed by atoms with E-state index in [1.807, 2.05) is 0 Å². The number of carbonyl (C=O) groups excluding carboxylic acids is 1. The third-order valence-electron chi connectivity index (χ3n) is 2.12. The van der Waals surface area contributed by atoms with Crippen molar-refractivity contribution in [3.63, 3.8) is 0 Å². The van der Waals surface area contributed by atoms with Crippen LogP contribution in [0.15, 0.2) is 6.07 Å². The predicted octanol–water partition coefficient (Wildman–Crippen LogP) is 3.16. The Morgan fingerprint density at radius 1 is 1.56 bits per heavy atom. The highest BCUT2D eigenvalue weighted by molar-refractivity contribution is 9.08. The van der Waals surface area contributed by atoms with E-state index in [0.717, 1.165) is 6.07 Å². The van der Waals surface area contributed by atoms with Crippen LogP contribution in [0.3, 0.4) is 0 Å². The van der Waals surface area contributed by atoms with Gasteiger partial charge in [-0.3, -0.25) is 9.78 Å². The molecule has 0 N–H and O–H groups in total. The van der Waals surface area contributed by atoms with Crippen molar-refractivity contribution >= 4 is 21.9 Å². The van der Waals surface area contributed by atoms with Gasteiger partial charge in [-0.15, -0.1) is 0 Å². The Morgan fingerprint density at radius 2 is 2.22 bits per heavy atom. The molecule has 0 aromatic carbocycles. The van der Waals surface area contributed by atoms with Crippen molar-refractivity contribution in [1.29, 1.82) is 0 Å². The number of halogens is 4. The van der Waals surface area contributed by atoms with Crippen molar-refractivity contribution in [2.45, 2.75) is 25.1 Å². The fourth-order valence-electron chi connectivity index (χ4n) is 1.41. The maximum Gasteiger partial charge on any atom is 0.311 e. The van der Waals surface area contributed by atoms with Gasteiger partial charge in [-0.1, -0.05) is 15.9 Å². The maximum atomic E-state index is 13.5. The first-order valence-electron chi connectivity index (χ1n) is 5.17. The fourth-order valence-corrected chi connectivity index (χ4v) is 1.84. The third-order valence-corrected chi connectivity index (χ3v) is 2.65. The predicted molar refractivity (Wildman–Crippen MR) is 62.1 cm³/mol. The molecule has 0 aliphatic rings. The zero-order chi connectivity index (χ0) is 13.7. The molecule has 100 valence electrons. The molecule has 7 heteroatoms. The molecule has 0 amide bonds. The van der Waals surface area contributed by atoms with E-state index in [1.165, 1.54) is 0 Å². The number of esters is 1. The Morgan fingerprint density at radius 3 is 2.72 bits per heavy atom. The first-order valence-corrected chi connectivity index (χ1v) is 6.29. The minimum Gasteiger partial charge on any atom is -0.466 e. The number of carbonyl (C=O) groups is 1. The molecule has 0 aliphatic carbocycles. The van der Waals surface area contributed by atoms with Crippen molar-refractivity contribution in [2.75, 3.05) is 6.61 Å². The highest BCUT2D eigenvalue weighted by Gasteiger charge is 2.21. The number of hydrogen-bond donors (Lipinski definition) is 0. The van der Waals surface area contributed by atoms with Crippen LogP contribution >= 0.6 is 15.9 Å². The third kappa shape index (κ3) is 3.69. The van der Waals surface area contributed by atoms with Crippen LogP contribution < -0.4 is 0 Å². The lowest BCUT2D eigenvalue weighted by Gasteiger charge is -2.09. The summed E-state index contributed by atoms with van der Waals surface area (Å²) in [5.74, 6) is -1.64.